The number of benzene rings is 2. The quantitative estimate of drug-likeness (QED) is 0.483. The molecule has 5 nitrogen and oxygen atoms in total. The molecule has 0 N–H and O–H groups in total. The summed E-state index contributed by atoms with van der Waals surface area (Å²) in [5.74, 6) is -1.93. The highest BCUT2D eigenvalue weighted by Crippen LogP contribution is 2.34. The molecule has 0 fully saturated rings. The van der Waals surface area contributed by atoms with Crippen LogP contribution in [0.25, 0.3) is 10.9 Å². The van der Waals surface area contributed by atoms with Crippen LogP contribution in [-0.2, 0) is 10.9 Å². The van der Waals surface area contributed by atoms with Crippen molar-refractivity contribution in [3.8, 4) is 11.6 Å². The number of carbonyl (C=O) groups excluding carboxylic acids is 1. The molecule has 2 aromatic carbocycles. The van der Waals surface area contributed by atoms with Crippen molar-refractivity contribution in [2.75, 3.05) is 6.61 Å². The zero-order valence-electron chi connectivity index (χ0n) is 13.9. The van der Waals surface area contributed by atoms with E-state index in [0.717, 1.165) is 30.3 Å². The predicted octanol–water partition coefficient (Wildman–Crippen LogP) is 4.76. The minimum absolute atomic E-state index is 0.0485. The fourth-order valence-corrected chi connectivity index (χ4v) is 2.38. The summed E-state index contributed by atoms with van der Waals surface area (Å²) in [5.41, 5.74) is -0.998. The van der Waals surface area contributed by atoms with Crippen molar-refractivity contribution in [1.29, 1.82) is 0 Å². The molecule has 0 bridgehead atoms. The van der Waals surface area contributed by atoms with Crippen LogP contribution in [0.4, 0.5) is 17.6 Å². The second-order valence-corrected chi connectivity index (χ2v) is 5.39. The van der Waals surface area contributed by atoms with Crippen molar-refractivity contribution >= 4 is 16.9 Å². The molecule has 9 heteroatoms. The van der Waals surface area contributed by atoms with Crippen LogP contribution in [0.3, 0.4) is 0 Å². The van der Waals surface area contributed by atoms with Gasteiger partial charge in [0.2, 0.25) is 0 Å². The zero-order valence-corrected chi connectivity index (χ0v) is 13.9. The molecule has 0 saturated heterocycles. The summed E-state index contributed by atoms with van der Waals surface area (Å²) in [6.45, 7) is 1.63. The van der Waals surface area contributed by atoms with Crippen LogP contribution in [0.15, 0.2) is 42.5 Å². The standard InChI is InChI=1S/C18H12F4N2O3/c1-2-26-17(25)15-13-7-6-11(19)9-14(13)23-24-16(15)27-12-5-3-4-10(8-12)18(20,21)22/h3-9H,2H2,1H3. The number of hydrogen-bond acceptors (Lipinski definition) is 5. The highest BCUT2D eigenvalue weighted by molar-refractivity contribution is 6.05. The lowest BCUT2D eigenvalue weighted by molar-refractivity contribution is -0.137. The highest BCUT2D eigenvalue weighted by atomic mass is 19.4. The van der Waals surface area contributed by atoms with Crippen LogP contribution in [0.1, 0.15) is 22.8 Å². The SMILES string of the molecule is CCOC(=O)c1c(Oc2cccc(C(F)(F)F)c2)nnc2cc(F)ccc12. The van der Waals surface area contributed by atoms with Gasteiger partial charge >= 0.3 is 12.1 Å². The van der Waals surface area contributed by atoms with Crippen LogP contribution in [-0.4, -0.2) is 22.8 Å². The Bertz CT molecular complexity index is 1010. The van der Waals surface area contributed by atoms with Gasteiger partial charge in [0, 0.05) is 11.5 Å². The molecule has 3 rings (SSSR count). The molecule has 0 aliphatic heterocycles. The second-order valence-electron chi connectivity index (χ2n) is 5.39. The van der Waals surface area contributed by atoms with E-state index >= 15 is 0 Å². The lowest BCUT2D eigenvalue weighted by Gasteiger charge is -2.12. The van der Waals surface area contributed by atoms with E-state index in [1.54, 1.807) is 6.92 Å². The van der Waals surface area contributed by atoms with Gasteiger partial charge in [-0.1, -0.05) is 6.07 Å². The van der Waals surface area contributed by atoms with Crippen LogP contribution < -0.4 is 4.74 Å². The van der Waals surface area contributed by atoms with Crippen LogP contribution >= 0.6 is 0 Å². The molecule has 0 aliphatic rings. The van der Waals surface area contributed by atoms with Crippen molar-refractivity contribution < 1.29 is 31.8 Å². The van der Waals surface area contributed by atoms with Crippen molar-refractivity contribution in [2.45, 2.75) is 13.1 Å². The monoisotopic (exact) mass is 380 g/mol. The average molecular weight is 380 g/mol. The Labute approximate surface area is 150 Å². The largest absolute Gasteiger partial charge is 0.462 e. The number of esters is 1. The first-order chi connectivity index (χ1) is 12.8. The average Bonchev–Trinajstić information content (AvgIpc) is 2.61. The fourth-order valence-electron chi connectivity index (χ4n) is 2.38. The lowest BCUT2D eigenvalue weighted by atomic mass is 10.1. The molecule has 0 unspecified atom stereocenters. The highest BCUT2D eigenvalue weighted by Gasteiger charge is 2.31. The maximum absolute atomic E-state index is 13.4. The van der Waals surface area contributed by atoms with Crippen molar-refractivity contribution in [3.63, 3.8) is 0 Å². The maximum atomic E-state index is 13.4. The van der Waals surface area contributed by atoms with Crippen LogP contribution in [0, 0.1) is 5.82 Å². The number of fused-ring (bicyclic) bond motifs is 1. The van der Waals surface area contributed by atoms with Gasteiger partial charge in [0.15, 0.2) is 0 Å². The summed E-state index contributed by atoms with van der Waals surface area (Å²) in [7, 11) is 0. The minimum atomic E-state index is -4.56. The Kier molecular flexibility index (Phi) is 4.93. The Balaban J connectivity index is 2.10. The van der Waals surface area contributed by atoms with Gasteiger partial charge in [-0.05, 0) is 37.3 Å². The van der Waals surface area contributed by atoms with E-state index in [2.05, 4.69) is 10.2 Å². The normalized spacial score (nSPS) is 11.4. The second kappa shape index (κ2) is 7.18. The van der Waals surface area contributed by atoms with Gasteiger partial charge in [0.25, 0.3) is 5.88 Å². The smallest absolute Gasteiger partial charge is 0.416 e. The van der Waals surface area contributed by atoms with Gasteiger partial charge in [-0.25, -0.2) is 9.18 Å². The molecule has 0 amide bonds. The number of hydrogen-bond donors (Lipinski definition) is 0. The van der Waals surface area contributed by atoms with E-state index in [-0.39, 0.29) is 34.7 Å². The summed E-state index contributed by atoms with van der Waals surface area (Å²) in [6.07, 6.45) is -4.56. The number of ether oxygens (including phenoxy) is 2. The Hall–Kier alpha value is -3.23. The van der Waals surface area contributed by atoms with Gasteiger partial charge in [-0.3, -0.25) is 0 Å². The minimum Gasteiger partial charge on any atom is -0.462 e. The first-order valence-corrected chi connectivity index (χ1v) is 7.77. The number of rotatable bonds is 4. The number of halogens is 4. The van der Waals surface area contributed by atoms with Gasteiger partial charge < -0.3 is 9.47 Å². The fraction of sp³-hybridized carbons (Fsp3) is 0.167. The Morgan fingerprint density at radius 3 is 2.59 bits per heavy atom. The van der Waals surface area contributed by atoms with Crippen molar-refractivity contribution in [3.05, 3.63) is 59.4 Å². The predicted molar refractivity (Wildman–Crippen MR) is 87.0 cm³/mol. The lowest BCUT2D eigenvalue weighted by Crippen LogP contribution is -2.10. The van der Waals surface area contributed by atoms with Gasteiger partial charge in [0.05, 0.1) is 17.7 Å². The van der Waals surface area contributed by atoms with E-state index < -0.39 is 23.5 Å². The summed E-state index contributed by atoms with van der Waals surface area (Å²) in [6, 6.07) is 7.57. The van der Waals surface area contributed by atoms with E-state index in [1.165, 1.54) is 12.1 Å². The summed E-state index contributed by atoms with van der Waals surface area (Å²) >= 11 is 0. The van der Waals surface area contributed by atoms with E-state index in [1.807, 2.05) is 0 Å². The molecule has 0 spiro atoms. The first kappa shape index (κ1) is 18.6. The molecular weight excluding hydrogens is 368 g/mol. The number of carbonyl (C=O) groups is 1. The van der Waals surface area contributed by atoms with Crippen LogP contribution in [0.2, 0.25) is 0 Å². The molecule has 0 radical (unpaired) electrons. The number of nitrogens with zero attached hydrogens (tertiary/aromatic N) is 2. The summed E-state index contributed by atoms with van der Waals surface area (Å²) in [4.78, 5) is 12.3. The van der Waals surface area contributed by atoms with Gasteiger partial charge in [-0.15, -0.1) is 10.2 Å². The molecule has 0 atom stereocenters. The van der Waals surface area contributed by atoms with Crippen LogP contribution in [0.5, 0.6) is 11.6 Å². The Morgan fingerprint density at radius 2 is 1.89 bits per heavy atom. The molecular formula is C18H12F4N2O3. The molecule has 0 saturated carbocycles. The number of alkyl halides is 3. The molecule has 1 aromatic heterocycles. The van der Waals surface area contributed by atoms with Crippen molar-refractivity contribution in [1.82, 2.24) is 10.2 Å². The maximum Gasteiger partial charge on any atom is 0.416 e. The third kappa shape index (κ3) is 3.97. The molecule has 0 aliphatic carbocycles. The zero-order chi connectivity index (χ0) is 19.6. The third-order valence-corrected chi connectivity index (χ3v) is 3.55. The first-order valence-electron chi connectivity index (χ1n) is 7.77. The summed E-state index contributed by atoms with van der Waals surface area (Å²) < 4.78 is 62.3. The molecule has 27 heavy (non-hydrogen) atoms. The Morgan fingerprint density at radius 1 is 1.11 bits per heavy atom. The van der Waals surface area contributed by atoms with E-state index in [9.17, 15) is 22.4 Å². The topological polar surface area (TPSA) is 61.3 Å². The number of aromatic nitrogens is 2. The summed E-state index contributed by atoms with van der Waals surface area (Å²) in [5, 5.41) is 7.69. The van der Waals surface area contributed by atoms with E-state index in [4.69, 9.17) is 9.47 Å². The van der Waals surface area contributed by atoms with E-state index in [0.29, 0.717) is 0 Å². The molecule has 140 valence electrons. The van der Waals surface area contributed by atoms with Gasteiger partial charge in [-0.2, -0.15) is 13.2 Å². The third-order valence-electron chi connectivity index (χ3n) is 3.55. The van der Waals surface area contributed by atoms with Crippen molar-refractivity contribution in [2.24, 2.45) is 0 Å². The molecule has 3 aromatic rings. The molecule has 1 heterocycles. The van der Waals surface area contributed by atoms with Gasteiger partial charge in [0.1, 0.15) is 17.1 Å².